The second-order valence-corrected chi connectivity index (χ2v) is 6.22. The van der Waals surface area contributed by atoms with Crippen molar-refractivity contribution in [3.63, 3.8) is 0 Å². The lowest BCUT2D eigenvalue weighted by Gasteiger charge is -2.15. The average Bonchev–Trinajstić information content (AvgIpc) is 3.15. The Hall–Kier alpha value is -2.70. The number of benzene rings is 1. The van der Waals surface area contributed by atoms with Crippen molar-refractivity contribution < 1.29 is 9.59 Å². The molecule has 7 nitrogen and oxygen atoms in total. The molecule has 132 valence electrons. The number of aromatic amines is 1. The first-order chi connectivity index (χ1) is 12.1. The predicted octanol–water partition coefficient (Wildman–Crippen LogP) is 0.984. The minimum Gasteiger partial charge on any atom is -0.356 e. The van der Waals surface area contributed by atoms with E-state index in [1.165, 1.54) is 0 Å². The molecule has 3 rings (SSSR count). The number of fused-ring (bicyclic) bond motifs is 1. The van der Waals surface area contributed by atoms with E-state index >= 15 is 0 Å². The fourth-order valence-corrected chi connectivity index (χ4v) is 3.01. The van der Waals surface area contributed by atoms with Crippen molar-refractivity contribution in [2.24, 2.45) is 0 Å². The number of nitrogens with one attached hydrogen (secondary N) is 2. The van der Waals surface area contributed by atoms with Gasteiger partial charge in [0.1, 0.15) is 5.82 Å². The Balaban J connectivity index is 1.46. The number of carbonyl (C=O) groups is 2. The van der Waals surface area contributed by atoms with E-state index in [0.29, 0.717) is 36.1 Å². The van der Waals surface area contributed by atoms with Crippen molar-refractivity contribution in [3.05, 3.63) is 40.4 Å². The fraction of sp³-hybridized carbons (Fsp3) is 0.444. The minimum absolute atomic E-state index is 0.0957. The smallest absolute Gasteiger partial charge is 0.258 e. The highest BCUT2D eigenvalue weighted by atomic mass is 16.2. The molecule has 2 heterocycles. The Labute approximate surface area is 145 Å². The molecule has 1 aromatic carbocycles. The molecular weight excluding hydrogens is 320 g/mol. The van der Waals surface area contributed by atoms with Gasteiger partial charge < -0.3 is 15.2 Å². The van der Waals surface area contributed by atoms with E-state index in [2.05, 4.69) is 15.3 Å². The van der Waals surface area contributed by atoms with E-state index < -0.39 is 0 Å². The van der Waals surface area contributed by atoms with E-state index in [0.717, 1.165) is 25.9 Å². The molecule has 0 atom stereocenters. The highest BCUT2D eigenvalue weighted by Crippen LogP contribution is 2.09. The summed E-state index contributed by atoms with van der Waals surface area (Å²) in [6.07, 6.45) is 3.03. The van der Waals surface area contributed by atoms with Crippen molar-refractivity contribution in [2.75, 3.05) is 19.6 Å². The average molecular weight is 342 g/mol. The lowest BCUT2D eigenvalue weighted by molar-refractivity contribution is -0.130. The third-order valence-electron chi connectivity index (χ3n) is 4.37. The highest BCUT2D eigenvalue weighted by Gasteiger charge is 2.17. The molecule has 1 saturated heterocycles. The zero-order valence-corrected chi connectivity index (χ0v) is 14.1. The van der Waals surface area contributed by atoms with Gasteiger partial charge in [0.15, 0.2) is 0 Å². The normalized spacial score (nSPS) is 14.0. The van der Waals surface area contributed by atoms with Crippen LogP contribution >= 0.6 is 0 Å². The Morgan fingerprint density at radius 3 is 2.72 bits per heavy atom. The number of hydrogen-bond acceptors (Lipinski definition) is 4. The Kier molecular flexibility index (Phi) is 5.42. The summed E-state index contributed by atoms with van der Waals surface area (Å²) in [5.41, 5.74) is 0.426. The molecule has 2 N–H and O–H groups in total. The summed E-state index contributed by atoms with van der Waals surface area (Å²) in [4.78, 5) is 44.7. The summed E-state index contributed by atoms with van der Waals surface area (Å²) in [7, 11) is 0. The van der Waals surface area contributed by atoms with E-state index in [4.69, 9.17) is 0 Å². The van der Waals surface area contributed by atoms with E-state index in [1.54, 1.807) is 18.2 Å². The van der Waals surface area contributed by atoms with Crippen LogP contribution in [0.25, 0.3) is 10.9 Å². The molecule has 7 heteroatoms. The maximum atomic E-state index is 12.0. The quantitative estimate of drug-likeness (QED) is 0.818. The molecular formula is C18H22N4O3. The van der Waals surface area contributed by atoms with Gasteiger partial charge in [-0.05, 0) is 25.0 Å². The number of likely N-dealkylation sites (tertiary alicyclic amines) is 1. The summed E-state index contributed by atoms with van der Waals surface area (Å²) in [6, 6.07) is 7.10. The molecule has 2 aromatic rings. The number of hydrogen-bond donors (Lipinski definition) is 2. The lowest BCUT2D eigenvalue weighted by Crippen LogP contribution is -2.32. The number of aromatic nitrogens is 2. The number of rotatable bonds is 6. The molecule has 1 aromatic heterocycles. The second kappa shape index (κ2) is 7.92. The number of aryl methyl sites for hydroxylation is 1. The zero-order chi connectivity index (χ0) is 17.6. The Morgan fingerprint density at radius 1 is 1.16 bits per heavy atom. The third kappa shape index (κ3) is 4.43. The predicted molar refractivity (Wildman–Crippen MR) is 94.1 cm³/mol. The molecule has 0 bridgehead atoms. The summed E-state index contributed by atoms with van der Waals surface area (Å²) in [5.74, 6) is 0.440. The van der Waals surface area contributed by atoms with E-state index in [9.17, 15) is 14.4 Å². The van der Waals surface area contributed by atoms with Crippen LogP contribution in [0.1, 0.15) is 31.5 Å². The van der Waals surface area contributed by atoms with Gasteiger partial charge in [0.25, 0.3) is 5.56 Å². The topological polar surface area (TPSA) is 95.2 Å². The first kappa shape index (κ1) is 17.1. The zero-order valence-electron chi connectivity index (χ0n) is 14.1. The van der Waals surface area contributed by atoms with Gasteiger partial charge in [-0.1, -0.05) is 12.1 Å². The van der Waals surface area contributed by atoms with Crippen LogP contribution in [-0.4, -0.2) is 46.3 Å². The molecule has 1 fully saturated rings. The Morgan fingerprint density at radius 2 is 1.92 bits per heavy atom. The molecule has 0 saturated carbocycles. The van der Waals surface area contributed by atoms with Crippen LogP contribution in [-0.2, 0) is 16.0 Å². The van der Waals surface area contributed by atoms with Gasteiger partial charge in [-0.2, -0.15) is 0 Å². The monoisotopic (exact) mass is 342 g/mol. The molecule has 0 spiro atoms. The molecule has 0 radical (unpaired) electrons. The summed E-state index contributed by atoms with van der Waals surface area (Å²) in [6.45, 7) is 2.00. The van der Waals surface area contributed by atoms with Gasteiger partial charge in [0, 0.05) is 38.9 Å². The van der Waals surface area contributed by atoms with E-state index in [1.807, 2.05) is 11.0 Å². The van der Waals surface area contributed by atoms with Gasteiger partial charge in [0.05, 0.1) is 10.9 Å². The minimum atomic E-state index is -0.197. The van der Waals surface area contributed by atoms with Crippen LogP contribution in [0.15, 0.2) is 29.1 Å². The van der Waals surface area contributed by atoms with Crippen molar-refractivity contribution in [1.29, 1.82) is 0 Å². The number of amides is 2. The maximum Gasteiger partial charge on any atom is 0.258 e. The number of carbonyl (C=O) groups excluding carboxylic acids is 2. The summed E-state index contributed by atoms with van der Waals surface area (Å²) in [5, 5.41) is 3.29. The molecule has 2 amide bonds. The first-order valence-corrected chi connectivity index (χ1v) is 8.66. The third-order valence-corrected chi connectivity index (χ3v) is 4.37. The summed E-state index contributed by atoms with van der Waals surface area (Å²) < 4.78 is 0. The van der Waals surface area contributed by atoms with Crippen molar-refractivity contribution >= 4 is 22.7 Å². The first-order valence-electron chi connectivity index (χ1n) is 8.66. The maximum absolute atomic E-state index is 12.0. The van der Waals surface area contributed by atoms with E-state index in [-0.39, 0.29) is 23.8 Å². The number of para-hydroxylation sites is 1. The van der Waals surface area contributed by atoms with Crippen LogP contribution in [0, 0.1) is 0 Å². The Bertz CT molecular complexity index is 824. The lowest BCUT2D eigenvalue weighted by atomic mass is 10.2. The van der Waals surface area contributed by atoms with Crippen LogP contribution in [0.2, 0.25) is 0 Å². The van der Waals surface area contributed by atoms with Gasteiger partial charge in [0.2, 0.25) is 11.8 Å². The van der Waals surface area contributed by atoms with Crippen molar-refractivity contribution in [3.8, 4) is 0 Å². The van der Waals surface area contributed by atoms with Crippen molar-refractivity contribution in [2.45, 2.75) is 32.1 Å². The van der Waals surface area contributed by atoms with Crippen LogP contribution < -0.4 is 10.9 Å². The summed E-state index contributed by atoms with van der Waals surface area (Å²) >= 11 is 0. The molecule has 25 heavy (non-hydrogen) atoms. The van der Waals surface area contributed by atoms with Gasteiger partial charge in [-0.15, -0.1) is 0 Å². The number of H-pyrrole nitrogens is 1. The van der Waals surface area contributed by atoms with Gasteiger partial charge in [-0.3, -0.25) is 14.4 Å². The molecule has 0 aliphatic carbocycles. The largest absolute Gasteiger partial charge is 0.356 e. The number of nitrogens with zero attached hydrogens (tertiary/aromatic N) is 2. The van der Waals surface area contributed by atoms with Gasteiger partial charge in [-0.25, -0.2) is 4.98 Å². The molecule has 0 unspecified atom stereocenters. The van der Waals surface area contributed by atoms with Gasteiger partial charge >= 0.3 is 0 Å². The van der Waals surface area contributed by atoms with Crippen LogP contribution in [0.5, 0.6) is 0 Å². The van der Waals surface area contributed by atoms with Crippen LogP contribution in [0.3, 0.4) is 0 Å². The fourth-order valence-electron chi connectivity index (χ4n) is 3.01. The van der Waals surface area contributed by atoms with Crippen LogP contribution in [0.4, 0.5) is 0 Å². The SMILES string of the molecule is O=C(CCc1nc2ccccc2c(=O)[nH]1)NCCC(=O)N1CCCC1. The highest BCUT2D eigenvalue weighted by molar-refractivity contribution is 5.79. The second-order valence-electron chi connectivity index (χ2n) is 6.22. The van der Waals surface area contributed by atoms with Crippen molar-refractivity contribution in [1.82, 2.24) is 20.2 Å². The molecule has 1 aliphatic heterocycles. The molecule has 1 aliphatic rings. The standard InChI is InChI=1S/C18H22N4O3/c23-16(19-10-9-17(24)22-11-3-4-12-22)8-7-15-20-14-6-2-1-5-13(14)18(25)21-15/h1-2,5-6H,3-4,7-12H2,(H,19,23)(H,20,21,25).